The molecule has 0 aliphatic heterocycles. The first-order valence-corrected chi connectivity index (χ1v) is 14.2. The SMILES string of the molecule is Cc1cc(SCCNCCCS(=O)(=O)c2sc3ccc(Cl)cc3c2C)ccc1OCC(=O)O. The van der Waals surface area contributed by atoms with E-state index >= 15 is 0 Å². The molecule has 0 radical (unpaired) electrons. The molecule has 0 atom stereocenters. The van der Waals surface area contributed by atoms with E-state index in [0.717, 1.165) is 38.4 Å². The summed E-state index contributed by atoms with van der Waals surface area (Å²) in [4.78, 5) is 11.7. The number of aryl methyl sites for hydroxylation is 2. The second-order valence-electron chi connectivity index (χ2n) is 7.54. The van der Waals surface area contributed by atoms with E-state index in [-0.39, 0.29) is 12.4 Å². The minimum atomic E-state index is -3.34. The van der Waals surface area contributed by atoms with Crippen LogP contribution in [0.15, 0.2) is 45.5 Å². The Morgan fingerprint density at radius 3 is 2.70 bits per heavy atom. The second kappa shape index (κ2) is 11.6. The molecule has 10 heteroatoms. The largest absolute Gasteiger partial charge is 0.482 e. The van der Waals surface area contributed by atoms with Gasteiger partial charge >= 0.3 is 5.97 Å². The van der Waals surface area contributed by atoms with Gasteiger partial charge in [-0.2, -0.15) is 0 Å². The van der Waals surface area contributed by atoms with Crippen LogP contribution in [0.3, 0.4) is 0 Å². The number of halogens is 1. The zero-order valence-corrected chi connectivity index (χ0v) is 21.6. The van der Waals surface area contributed by atoms with Gasteiger partial charge in [0.25, 0.3) is 0 Å². The molecule has 0 saturated heterocycles. The number of sulfone groups is 1. The highest BCUT2D eigenvalue weighted by atomic mass is 35.5. The number of rotatable bonds is 12. The first-order chi connectivity index (χ1) is 15.7. The third-order valence-electron chi connectivity index (χ3n) is 4.95. The minimum absolute atomic E-state index is 0.103. The molecular weight excluding hydrogens is 502 g/mol. The molecule has 0 aliphatic rings. The standard InChI is InChI=1S/C23H26ClNO5S3/c1-15-12-18(5-6-20(15)30-14-22(26)27)31-10-9-25-8-3-11-33(28,29)23-16(2)19-13-17(24)4-7-21(19)32-23/h4-7,12-13,25H,3,8-11,14H2,1-2H3,(H,26,27). The number of nitrogens with one attached hydrogen (secondary N) is 1. The van der Waals surface area contributed by atoms with Gasteiger partial charge in [-0.3, -0.25) is 0 Å². The van der Waals surface area contributed by atoms with Gasteiger partial charge in [0.2, 0.25) is 0 Å². The summed E-state index contributed by atoms with van der Waals surface area (Å²) in [5.41, 5.74) is 1.66. The van der Waals surface area contributed by atoms with Gasteiger partial charge in [0.15, 0.2) is 16.4 Å². The van der Waals surface area contributed by atoms with Crippen LogP contribution in [0.4, 0.5) is 0 Å². The Kier molecular flexibility index (Phi) is 9.06. The minimum Gasteiger partial charge on any atom is -0.482 e. The van der Waals surface area contributed by atoms with Crippen LogP contribution < -0.4 is 10.1 Å². The zero-order valence-electron chi connectivity index (χ0n) is 18.4. The molecule has 1 heterocycles. The number of carbonyl (C=O) groups is 1. The van der Waals surface area contributed by atoms with E-state index in [0.29, 0.717) is 27.9 Å². The Morgan fingerprint density at radius 1 is 1.18 bits per heavy atom. The van der Waals surface area contributed by atoms with Gasteiger partial charge in [-0.1, -0.05) is 11.6 Å². The molecule has 0 unspecified atom stereocenters. The number of hydrogen-bond donors (Lipinski definition) is 2. The van der Waals surface area contributed by atoms with Gasteiger partial charge in [0.05, 0.1) is 5.75 Å². The number of benzene rings is 2. The fourth-order valence-electron chi connectivity index (χ4n) is 3.33. The number of carboxylic acids is 1. The molecule has 0 fully saturated rings. The fraction of sp³-hybridized carbons (Fsp3) is 0.348. The summed E-state index contributed by atoms with van der Waals surface area (Å²) in [6.07, 6.45) is 0.538. The lowest BCUT2D eigenvalue weighted by Gasteiger charge is -2.09. The van der Waals surface area contributed by atoms with Crippen LogP contribution in [0.25, 0.3) is 10.1 Å². The Hall–Kier alpha value is -1.78. The van der Waals surface area contributed by atoms with Crippen LogP contribution in [-0.2, 0) is 14.6 Å². The van der Waals surface area contributed by atoms with Crippen LogP contribution in [-0.4, -0.2) is 50.7 Å². The third-order valence-corrected chi connectivity index (χ3v) is 9.96. The lowest BCUT2D eigenvalue weighted by Crippen LogP contribution is -2.21. The molecule has 2 aromatic carbocycles. The molecule has 0 aliphatic carbocycles. The van der Waals surface area contributed by atoms with E-state index in [1.54, 1.807) is 23.9 Å². The Labute approximate surface area is 207 Å². The van der Waals surface area contributed by atoms with Crippen molar-refractivity contribution in [2.75, 3.05) is 31.2 Å². The van der Waals surface area contributed by atoms with Crippen LogP contribution in [0.1, 0.15) is 17.5 Å². The van der Waals surface area contributed by atoms with E-state index in [4.69, 9.17) is 21.4 Å². The normalized spacial score (nSPS) is 11.7. The average Bonchev–Trinajstić information content (AvgIpc) is 3.09. The van der Waals surface area contributed by atoms with Crippen LogP contribution >= 0.6 is 34.7 Å². The molecule has 3 rings (SSSR count). The van der Waals surface area contributed by atoms with E-state index in [1.165, 1.54) is 11.3 Å². The second-order valence-corrected chi connectivity index (χ2v) is 12.5. The van der Waals surface area contributed by atoms with Crippen molar-refractivity contribution in [1.82, 2.24) is 5.32 Å². The molecule has 178 valence electrons. The molecule has 0 bridgehead atoms. The number of ether oxygens (including phenoxy) is 1. The summed E-state index contributed by atoms with van der Waals surface area (Å²) in [6.45, 7) is 4.73. The number of aliphatic carboxylic acids is 1. The average molecular weight is 528 g/mol. The van der Waals surface area contributed by atoms with Crippen molar-refractivity contribution < 1.29 is 23.1 Å². The lowest BCUT2D eigenvalue weighted by molar-refractivity contribution is -0.139. The van der Waals surface area contributed by atoms with Gasteiger partial charge in [0.1, 0.15) is 9.96 Å². The first-order valence-electron chi connectivity index (χ1n) is 10.4. The Balaban J connectivity index is 1.41. The summed E-state index contributed by atoms with van der Waals surface area (Å²) >= 11 is 9.03. The highest BCUT2D eigenvalue weighted by molar-refractivity contribution is 7.99. The number of thiophene rings is 1. The molecule has 0 spiro atoms. The summed E-state index contributed by atoms with van der Waals surface area (Å²) in [5, 5.41) is 13.5. The van der Waals surface area contributed by atoms with Gasteiger partial charge in [-0.05, 0) is 79.7 Å². The van der Waals surface area contributed by atoms with Crippen molar-refractivity contribution >= 4 is 60.6 Å². The van der Waals surface area contributed by atoms with E-state index in [2.05, 4.69) is 5.32 Å². The summed E-state index contributed by atoms with van der Waals surface area (Å²) in [5.74, 6) is 0.497. The molecule has 6 nitrogen and oxygen atoms in total. The summed E-state index contributed by atoms with van der Waals surface area (Å²) in [6, 6.07) is 11.1. The number of hydrogen-bond acceptors (Lipinski definition) is 7. The Bertz CT molecular complexity index is 1240. The van der Waals surface area contributed by atoms with E-state index in [9.17, 15) is 13.2 Å². The molecule has 33 heavy (non-hydrogen) atoms. The molecular formula is C23H26ClNO5S3. The molecule has 1 aromatic heterocycles. The van der Waals surface area contributed by atoms with E-state index < -0.39 is 15.8 Å². The third kappa shape index (κ3) is 7.10. The molecule has 0 amide bonds. The molecule has 3 aromatic rings. The topological polar surface area (TPSA) is 92.7 Å². The summed E-state index contributed by atoms with van der Waals surface area (Å²) < 4.78 is 32.3. The maximum Gasteiger partial charge on any atom is 0.341 e. The monoisotopic (exact) mass is 527 g/mol. The lowest BCUT2D eigenvalue weighted by atomic mass is 10.2. The van der Waals surface area contributed by atoms with Gasteiger partial charge in [-0.15, -0.1) is 23.1 Å². The van der Waals surface area contributed by atoms with Gasteiger partial charge in [-0.25, -0.2) is 13.2 Å². The summed E-state index contributed by atoms with van der Waals surface area (Å²) in [7, 11) is -3.34. The maximum absolute atomic E-state index is 12.8. The van der Waals surface area contributed by atoms with Crippen molar-refractivity contribution in [2.45, 2.75) is 29.4 Å². The van der Waals surface area contributed by atoms with Crippen molar-refractivity contribution in [3.63, 3.8) is 0 Å². The predicted octanol–water partition coefficient (Wildman–Crippen LogP) is 5.18. The zero-order chi connectivity index (χ0) is 24.0. The smallest absolute Gasteiger partial charge is 0.341 e. The van der Waals surface area contributed by atoms with Gasteiger partial charge < -0.3 is 15.2 Å². The van der Waals surface area contributed by atoms with Crippen LogP contribution in [0.2, 0.25) is 5.02 Å². The van der Waals surface area contributed by atoms with Gasteiger partial charge in [0, 0.05) is 26.9 Å². The van der Waals surface area contributed by atoms with Crippen LogP contribution in [0.5, 0.6) is 5.75 Å². The fourth-order valence-corrected chi connectivity index (χ4v) is 7.64. The van der Waals surface area contributed by atoms with Crippen molar-refractivity contribution in [3.8, 4) is 5.75 Å². The molecule has 0 saturated carbocycles. The highest BCUT2D eigenvalue weighted by Crippen LogP contribution is 2.36. The van der Waals surface area contributed by atoms with Crippen LogP contribution in [0, 0.1) is 13.8 Å². The number of fused-ring (bicyclic) bond motifs is 1. The van der Waals surface area contributed by atoms with Crippen molar-refractivity contribution in [1.29, 1.82) is 0 Å². The number of carboxylic acid groups (broad SMARTS) is 1. The predicted molar refractivity (Wildman–Crippen MR) is 136 cm³/mol. The quantitative estimate of drug-likeness (QED) is 0.247. The number of thioether (sulfide) groups is 1. The van der Waals surface area contributed by atoms with Crippen molar-refractivity contribution in [2.24, 2.45) is 0 Å². The first kappa shape index (κ1) is 25.8. The van der Waals surface area contributed by atoms with E-state index in [1.807, 2.05) is 38.1 Å². The highest BCUT2D eigenvalue weighted by Gasteiger charge is 2.21. The van der Waals surface area contributed by atoms with Crippen molar-refractivity contribution in [3.05, 3.63) is 52.5 Å². The Morgan fingerprint density at radius 2 is 1.97 bits per heavy atom. The maximum atomic E-state index is 12.8. The molecule has 2 N–H and O–H groups in total.